The maximum absolute atomic E-state index is 12.3. The molecule has 0 bridgehead atoms. The minimum atomic E-state index is -0.0204. The Labute approximate surface area is 119 Å². The van der Waals surface area contributed by atoms with Gasteiger partial charge in [0.15, 0.2) is 0 Å². The van der Waals surface area contributed by atoms with Gasteiger partial charge in [0.2, 0.25) is 0 Å². The van der Waals surface area contributed by atoms with Gasteiger partial charge in [0, 0.05) is 11.3 Å². The molecule has 1 amide bonds. The van der Waals surface area contributed by atoms with Crippen LogP contribution >= 0.6 is 0 Å². The minimum Gasteiger partial charge on any atom is -0.322 e. The summed E-state index contributed by atoms with van der Waals surface area (Å²) < 4.78 is 0. The van der Waals surface area contributed by atoms with E-state index >= 15 is 0 Å². The number of hydrogen-bond acceptors (Lipinski definition) is 1. The van der Waals surface area contributed by atoms with Gasteiger partial charge in [-0.3, -0.25) is 4.79 Å². The number of nitrogens with one attached hydrogen (secondary N) is 1. The number of carbonyl (C=O) groups excluding carboxylic acids is 1. The number of amides is 1. The molecule has 102 valence electrons. The molecule has 0 spiro atoms. The van der Waals surface area contributed by atoms with Crippen LogP contribution < -0.4 is 5.32 Å². The third-order valence-corrected chi connectivity index (χ3v) is 3.95. The average Bonchev–Trinajstić information content (AvgIpc) is 2.94. The highest BCUT2D eigenvalue weighted by Crippen LogP contribution is 2.23. The topological polar surface area (TPSA) is 29.1 Å². The Morgan fingerprint density at radius 2 is 1.95 bits per heavy atom. The smallest absolute Gasteiger partial charge is 0.255 e. The third-order valence-electron chi connectivity index (χ3n) is 3.95. The van der Waals surface area contributed by atoms with Crippen molar-refractivity contribution in [3.63, 3.8) is 0 Å². The zero-order valence-corrected chi connectivity index (χ0v) is 11.8. The summed E-state index contributed by atoms with van der Waals surface area (Å²) in [6.45, 7) is 2.11. The van der Waals surface area contributed by atoms with Crippen molar-refractivity contribution in [2.24, 2.45) is 0 Å². The first-order valence-corrected chi connectivity index (χ1v) is 7.28. The van der Waals surface area contributed by atoms with Crippen LogP contribution in [0, 0.1) is 0 Å². The monoisotopic (exact) mass is 265 g/mol. The SMILES string of the molecule is CCc1cccc(NC(=O)c2ccc3c(c2)CCC3)c1. The fourth-order valence-electron chi connectivity index (χ4n) is 2.79. The molecular weight excluding hydrogens is 246 g/mol. The first-order valence-electron chi connectivity index (χ1n) is 7.28. The molecule has 20 heavy (non-hydrogen) atoms. The molecule has 1 N–H and O–H groups in total. The summed E-state index contributed by atoms with van der Waals surface area (Å²) in [5.41, 5.74) is 5.59. The average molecular weight is 265 g/mol. The minimum absolute atomic E-state index is 0.0204. The van der Waals surface area contributed by atoms with E-state index in [4.69, 9.17) is 0 Å². The summed E-state index contributed by atoms with van der Waals surface area (Å²) in [6, 6.07) is 14.1. The van der Waals surface area contributed by atoms with Crippen LogP contribution in [-0.2, 0) is 19.3 Å². The zero-order chi connectivity index (χ0) is 13.9. The molecule has 3 rings (SSSR count). The third kappa shape index (κ3) is 2.60. The van der Waals surface area contributed by atoms with Gasteiger partial charge in [0.25, 0.3) is 5.91 Å². The van der Waals surface area contributed by atoms with E-state index in [-0.39, 0.29) is 5.91 Å². The molecule has 2 heteroatoms. The van der Waals surface area contributed by atoms with Crippen LogP contribution in [0.5, 0.6) is 0 Å². The van der Waals surface area contributed by atoms with Crippen LogP contribution in [0.25, 0.3) is 0 Å². The van der Waals surface area contributed by atoms with E-state index in [1.165, 1.54) is 23.1 Å². The van der Waals surface area contributed by atoms with Crippen molar-refractivity contribution in [1.29, 1.82) is 0 Å². The van der Waals surface area contributed by atoms with Crippen molar-refractivity contribution in [3.05, 3.63) is 64.7 Å². The number of benzene rings is 2. The van der Waals surface area contributed by atoms with E-state index < -0.39 is 0 Å². The van der Waals surface area contributed by atoms with Gasteiger partial charge in [-0.25, -0.2) is 0 Å². The normalized spacial score (nSPS) is 13.1. The van der Waals surface area contributed by atoms with E-state index in [0.29, 0.717) is 0 Å². The summed E-state index contributed by atoms with van der Waals surface area (Å²) in [4.78, 5) is 12.3. The number of fused-ring (bicyclic) bond motifs is 1. The van der Waals surface area contributed by atoms with Gasteiger partial charge in [0.1, 0.15) is 0 Å². The number of anilines is 1. The standard InChI is InChI=1S/C18H19NO/c1-2-13-5-3-8-17(11-13)19-18(20)16-10-9-14-6-4-7-15(14)12-16/h3,5,8-12H,2,4,6-7H2,1H3,(H,19,20). The molecule has 0 atom stereocenters. The Kier molecular flexibility index (Phi) is 3.55. The lowest BCUT2D eigenvalue weighted by molar-refractivity contribution is 0.102. The Morgan fingerprint density at radius 3 is 2.80 bits per heavy atom. The second-order valence-corrected chi connectivity index (χ2v) is 5.35. The van der Waals surface area contributed by atoms with Crippen LogP contribution in [0.1, 0.15) is 40.4 Å². The van der Waals surface area contributed by atoms with Crippen molar-refractivity contribution in [2.75, 3.05) is 5.32 Å². The summed E-state index contributed by atoms with van der Waals surface area (Å²) in [7, 11) is 0. The molecular formula is C18H19NO. The van der Waals surface area contributed by atoms with Crippen LogP contribution in [0.3, 0.4) is 0 Å². The van der Waals surface area contributed by atoms with Gasteiger partial charge in [0.05, 0.1) is 0 Å². The number of rotatable bonds is 3. The fourth-order valence-corrected chi connectivity index (χ4v) is 2.79. The Balaban J connectivity index is 1.79. The van der Waals surface area contributed by atoms with Gasteiger partial charge in [-0.05, 0) is 66.6 Å². The molecule has 2 aromatic rings. The molecule has 1 aliphatic rings. The number of carbonyl (C=O) groups is 1. The van der Waals surface area contributed by atoms with Crippen LogP contribution in [0.15, 0.2) is 42.5 Å². The molecule has 0 radical (unpaired) electrons. The van der Waals surface area contributed by atoms with Crippen molar-refractivity contribution in [2.45, 2.75) is 32.6 Å². The largest absolute Gasteiger partial charge is 0.322 e. The first kappa shape index (κ1) is 12.9. The maximum Gasteiger partial charge on any atom is 0.255 e. The summed E-state index contributed by atoms with van der Waals surface area (Å²) in [5.74, 6) is -0.0204. The molecule has 0 unspecified atom stereocenters. The molecule has 0 heterocycles. The lowest BCUT2D eigenvalue weighted by atomic mass is 10.1. The van der Waals surface area contributed by atoms with Gasteiger partial charge in [-0.2, -0.15) is 0 Å². The second-order valence-electron chi connectivity index (χ2n) is 5.35. The maximum atomic E-state index is 12.3. The molecule has 0 saturated carbocycles. The summed E-state index contributed by atoms with van der Waals surface area (Å²) >= 11 is 0. The van der Waals surface area contributed by atoms with E-state index in [2.05, 4.69) is 24.4 Å². The number of hydrogen-bond donors (Lipinski definition) is 1. The summed E-state index contributed by atoms with van der Waals surface area (Å²) in [5, 5.41) is 2.99. The highest BCUT2D eigenvalue weighted by Gasteiger charge is 2.14. The molecule has 2 aromatic carbocycles. The molecule has 2 nitrogen and oxygen atoms in total. The molecule has 0 fully saturated rings. The van der Waals surface area contributed by atoms with Crippen molar-refractivity contribution in [1.82, 2.24) is 0 Å². The van der Waals surface area contributed by atoms with Gasteiger partial charge >= 0.3 is 0 Å². The Hall–Kier alpha value is -2.09. The number of aryl methyl sites for hydroxylation is 3. The van der Waals surface area contributed by atoms with Gasteiger partial charge in [-0.15, -0.1) is 0 Å². The van der Waals surface area contributed by atoms with E-state index in [9.17, 15) is 4.79 Å². The highest BCUT2D eigenvalue weighted by atomic mass is 16.1. The van der Waals surface area contributed by atoms with Crippen LogP contribution in [0.4, 0.5) is 5.69 Å². The van der Waals surface area contributed by atoms with E-state index in [1.54, 1.807) is 0 Å². The van der Waals surface area contributed by atoms with E-state index in [0.717, 1.165) is 30.5 Å². The molecule has 0 aliphatic heterocycles. The molecule has 0 aromatic heterocycles. The molecule has 0 saturated heterocycles. The second kappa shape index (κ2) is 5.49. The highest BCUT2D eigenvalue weighted by molar-refractivity contribution is 6.04. The predicted octanol–water partition coefficient (Wildman–Crippen LogP) is 3.99. The van der Waals surface area contributed by atoms with Crippen LogP contribution in [-0.4, -0.2) is 5.91 Å². The molecule has 1 aliphatic carbocycles. The lowest BCUT2D eigenvalue weighted by Gasteiger charge is -2.08. The Bertz CT molecular complexity index is 646. The van der Waals surface area contributed by atoms with Gasteiger partial charge < -0.3 is 5.32 Å². The first-order chi connectivity index (χ1) is 9.76. The Morgan fingerprint density at radius 1 is 1.10 bits per heavy atom. The van der Waals surface area contributed by atoms with Crippen molar-refractivity contribution in [3.8, 4) is 0 Å². The summed E-state index contributed by atoms with van der Waals surface area (Å²) in [6.07, 6.45) is 4.43. The quantitative estimate of drug-likeness (QED) is 0.893. The van der Waals surface area contributed by atoms with E-state index in [1.807, 2.05) is 30.3 Å². The predicted molar refractivity (Wildman–Crippen MR) is 82.2 cm³/mol. The zero-order valence-electron chi connectivity index (χ0n) is 11.8. The van der Waals surface area contributed by atoms with Crippen LogP contribution in [0.2, 0.25) is 0 Å². The lowest BCUT2D eigenvalue weighted by Crippen LogP contribution is -2.12. The van der Waals surface area contributed by atoms with Gasteiger partial charge in [-0.1, -0.05) is 25.1 Å². The fraction of sp³-hybridized carbons (Fsp3) is 0.278. The van der Waals surface area contributed by atoms with Crippen molar-refractivity contribution >= 4 is 11.6 Å². The van der Waals surface area contributed by atoms with Crippen molar-refractivity contribution < 1.29 is 4.79 Å².